The van der Waals surface area contributed by atoms with E-state index in [0.717, 1.165) is 24.2 Å². The molecule has 0 aromatic heterocycles. The molecule has 0 unspecified atom stereocenters. The molecule has 0 bridgehead atoms. The van der Waals surface area contributed by atoms with Crippen molar-refractivity contribution in [2.75, 3.05) is 14.2 Å². The summed E-state index contributed by atoms with van der Waals surface area (Å²) in [4.78, 5) is 12.4. The molecule has 1 amide bonds. The van der Waals surface area contributed by atoms with Gasteiger partial charge in [-0.05, 0) is 31.9 Å². The molecule has 1 fully saturated rings. The molecule has 20 heavy (non-hydrogen) atoms. The molecular weight excluding hydrogens is 254 g/mol. The lowest BCUT2D eigenvalue weighted by atomic mass is 9.95. The maximum Gasteiger partial charge on any atom is 0.255 e. The zero-order valence-electron chi connectivity index (χ0n) is 12.5. The van der Waals surface area contributed by atoms with Gasteiger partial charge >= 0.3 is 0 Å². The van der Waals surface area contributed by atoms with Crippen molar-refractivity contribution in [3.8, 4) is 11.5 Å². The predicted octanol–water partition coefficient (Wildman–Crippen LogP) is 3.07. The summed E-state index contributed by atoms with van der Waals surface area (Å²) in [7, 11) is 3.20. The van der Waals surface area contributed by atoms with E-state index in [1.807, 2.05) is 13.0 Å². The Kier molecular flexibility index (Phi) is 4.88. The molecule has 1 N–H and O–H groups in total. The van der Waals surface area contributed by atoms with E-state index < -0.39 is 0 Å². The number of nitrogens with one attached hydrogen (secondary N) is 1. The van der Waals surface area contributed by atoms with E-state index >= 15 is 0 Å². The van der Waals surface area contributed by atoms with Crippen LogP contribution in [0.3, 0.4) is 0 Å². The molecule has 2 rings (SSSR count). The topological polar surface area (TPSA) is 47.6 Å². The third-order valence-electron chi connectivity index (χ3n) is 3.97. The Balaban J connectivity index is 2.18. The number of benzene rings is 1. The minimum absolute atomic E-state index is 0.0560. The van der Waals surface area contributed by atoms with Crippen molar-refractivity contribution in [3.05, 3.63) is 23.3 Å². The summed E-state index contributed by atoms with van der Waals surface area (Å²) in [5.74, 6) is 1.27. The molecule has 0 heterocycles. The molecule has 1 aromatic carbocycles. The predicted molar refractivity (Wildman–Crippen MR) is 78.6 cm³/mol. The van der Waals surface area contributed by atoms with Gasteiger partial charge in [0.15, 0.2) is 0 Å². The Labute approximate surface area is 120 Å². The third kappa shape index (κ3) is 3.06. The lowest BCUT2D eigenvalue weighted by Gasteiger charge is -2.23. The van der Waals surface area contributed by atoms with E-state index in [1.165, 1.54) is 19.3 Å². The molecule has 1 aliphatic rings. The number of ether oxygens (including phenoxy) is 2. The number of hydrogen-bond donors (Lipinski definition) is 1. The van der Waals surface area contributed by atoms with E-state index in [4.69, 9.17) is 9.47 Å². The largest absolute Gasteiger partial charge is 0.496 e. The van der Waals surface area contributed by atoms with Crippen molar-refractivity contribution in [3.63, 3.8) is 0 Å². The minimum atomic E-state index is -0.0560. The van der Waals surface area contributed by atoms with Gasteiger partial charge in [-0.3, -0.25) is 4.79 Å². The molecule has 1 aromatic rings. The van der Waals surface area contributed by atoms with Gasteiger partial charge in [0.05, 0.1) is 19.8 Å². The maximum absolute atomic E-state index is 12.4. The summed E-state index contributed by atoms with van der Waals surface area (Å²) in [6.45, 7) is 1.90. The first-order valence-electron chi connectivity index (χ1n) is 7.19. The van der Waals surface area contributed by atoms with Crippen LogP contribution in [0, 0.1) is 6.92 Å². The molecule has 1 aliphatic carbocycles. The molecule has 0 atom stereocenters. The SMILES string of the molecule is COc1ccc(C(=O)NC2CCCCC2)c(OC)c1C. The Morgan fingerprint density at radius 1 is 1.15 bits per heavy atom. The zero-order chi connectivity index (χ0) is 14.5. The molecule has 0 aliphatic heterocycles. The van der Waals surface area contributed by atoms with Crippen molar-refractivity contribution >= 4 is 5.91 Å². The number of rotatable bonds is 4. The summed E-state index contributed by atoms with van der Waals surface area (Å²) in [6, 6.07) is 3.87. The molecule has 4 heteroatoms. The van der Waals surface area contributed by atoms with E-state index in [1.54, 1.807) is 20.3 Å². The molecule has 0 spiro atoms. The molecule has 4 nitrogen and oxygen atoms in total. The van der Waals surface area contributed by atoms with Crippen LogP contribution in [0.2, 0.25) is 0 Å². The normalized spacial score (nSPS) is 15.8. The monoisotopic (exact) mass is 277 g/mol. The molecule has 110 valence electrons. The smallest absolute Gasteiger partial charge is 0.255 e. The Morgan fingerprint density at radius 3 is 2.45 bits per heavy atom. The summed E-state index contributed by atoms with van der Waals surface area (Å²) >= 11 is 0. The highest BCUT2D eigenvalue weighted by molar-refractivity contribution is 5.97. The van der Waals surface area contributed by atoms with Crippen LogP contribution in [-0.2, 0) is 0 Å². The fourth-order valence-corrected chi connectivity index (χ4v) is 2.85. The Hall–Kier alpha value is -1.71. The van der Waals surface area contributed by atoms with E-state index in [-0.39, 0.29) is 5.91 Å². The van der Waals surface area contributed by atoms with Crippen LogP contribution in [0.4, 0.5) is 0 Å². The minimum Gasteiger partial charge on any atom is -0.496 e. The second-order valence-corrected chi connectivity index (χ2v) is 5.28. The lowest BCUT2D eigenvalue weighted by Crippen LogP contribution is -2.36. The first kappa shape index (κ1) is 14.7. The zero-order valence-corrected chi connectivity index (χ0v) is 12.5. The van der Waals surface area contributed by atoms with E-state index in [2.05, 4.69) is 5.32 Å². The van der Waals surface area contributed by atoms with E-state index in [9.17, 15) is 4.79 Å². The van der Waals surface area contributed by atoms with Gasteiger partial charge in [-0.1, -0.05) is 19.3 Å². The number of amides is 1. The Morgan fingerprint density at radius 2 is 1.85 bits per heavy atom. The summed E-state index contributed by atoms with van der Waals surface area (Å²) < 4.78 is 10.6. The highest BCUT2D eigenvalue weighted by Crippen LogP contribution is 2.31. The fourth-order valence-electron chi connectivity index (χ4n) is 2.85. The maximum atomic E-state index is 12.4. The van der Waals surface area contributed by atoms with Crippen molar-refractivity contribution in [1.82, 2.24) is 5.32 Å². The molecule has 0 saturated heterocycles. The van der Waals surface area contributed by atoms with Gasteiger partial charge in [-0.15, -0.1) is 0 Å². The van der Waals surface area contributed by atoms with Gasteiger partial charge < -0.3 is 14.8 Å². The number of hydrogen-bond acceptors (Lipinski definition) is 3. The quantitative estimate of drug-likeness (QED) is 0.920. The van der Waals surface area contributed by atoms with Gasteiger partial charge in [0.25, 0.3) is 5.91 Å². The third-order valence-corrected chi connectivity index (χ3v) is 3.97. The van der Waals surface area contributed by atoms with Crippen LogP contribution >= 0.6 is 0 Å². The van der Waals surface area contributed by atoms with Crippen LogP contribution < -0.4 is 14.8 Å². The standard InChI is InChI=1S/C16H23NO3/c1-11-14(19-2)10-9-13(15(11)20-3)16(18)17-12-7-5-4-6-8-12/h9-10,12H,4-8H2,1-3H3,(H,17,18). The van der Waals surface area contributed by atoms with Gasteiger partial charge in [0.2, 0.25) is 0 Å². The Bertz CT molecular complexity index is 479. The highest BCUT2D eigenvalue weighted by Gasteiger charge is 2.21. The van der Waals surface area contributed by atoms with Crippen molar-refractivity contribution in [1.29, 1.82) is 0 Å². The van der Waals surface area contributed by atoms with Crippen molar-refractivity contribution < 1.29 is 14.3 Å². The first-order valence-corrected chi connectivity index (χ1v) is 7.19. The van der Waals surface area contributed by atoms with Gasteiger partial charge in [0, 0.05) is 11.6 Å². The van der Waals surface area contributed by atoms with Crippen molar-refractivity contribution in [2.24, 2.45) is 0 Å². The number of methoxy groups -OCH3 is 2. The van der Waals surface area contributed by atoms with Gasteiger partial charge in [0.1, 0.15) is 11.5 Å². The fraction of sp³-hybridized carbons (Fsp3) is 0.562. The average Bonchev–Trinajstić information content (AvgIpc) is 2.47. The lowest BCUT2D eigenvalue weighted by molar-refractivity contribution is 0.0924. The highest BCUT2D eigenvalue weighted by atomic mass is 16.5. The van der Waals surface area contributed by atoms with E-state index in [0.29, 0.717) is 17.4 Å². The van der Waals surface area contributed by atoms with Crippen LogP contribution in [0.25, 0.3) is 0 Å². The van der Waals surface area contributed by atoms with Crippen LogP contribution in [-0.4, -0.2) is 26.2 Å². The van der Waals surface area contributed by atoms with Gasteiger partial charge in [-0.25, -0.2) is 0 Å². The molecular formula is C16H23NO3. The number of carbonyl (C=O) groups excluding carboxylic acids is 1. The second kappa shape index (κ2) is 6.64. The molecule has 0 radical (unpaired) electrons. The summed E-state index contributed by atoms with van der Waals surface area (Å²) in [5, 5.41) is 3.11. The van der Waals surface area contributed by atoms with Crippen molar-refractivity contribution in [2.45, 2.75) is 45.1 Å². The summed E-state index contributed by atoms with van der Waals surface area (Å²) in [5.41, 5.74) is 1.43. The van der Waals surface area contributed by atoms with Gasteiger partial charge in [-0.2, -0.15) is 0 Å². The molecule has 1 saturated carbocycles. The van der Waals surface area contributed by atoms with Crippen LogP contribution in [0.15, 0.2) is 12.1 Å². The first-order chi connectivity index (χ1) is 9.67. The summed E-state index contributed by atoms with van der Waals surface area (Å²) in [6.07, 6.45) is 5.82. The van der Waals surface area contributed by atoms with Crippen LogP contribution in [0.5, 0.6) is 11.5 Å². The van der Waals surface area contributed by atoms with Crippen LogP contribution in [0.1, 0.15) is 48.0 Å². The number of carbonyl (C=O) groups is 1. The average molecular weight is 277 g/mol. The second-order valence-electron chi connectivity index (χ2n) is 5.28.